The van der Waals surface area contributed by atoms with Crippen molar-refractivity contribution >= 4 is 11.0 Å². The van der Waals surface area contributed by atoms with Crippen LogP contribution in [0.4, 0.5) is 0 Å². The molecule has 0 aromatic carbocycles. The number of aryl methyl sites for hydroxylation is 3. The van der Waals surface area contributed by atoms with Gasteiger partial charge in [0.2, 0.25) is 0 Å². The third kappa shape index (κ3) is 3.27. The van der Waals surface area contributed by atoms with E-state index in [-0.39, 0.29) is 12.2 Å². The SMILES string of the molecule is Cc1noc([C@@H]2CC[C@H](CNCc3cnc4c(c3)c(C)nn4C)O2)n1. The fourth-order valence-electron chi connectivity index (χ4n) is 3.31. The van der Waals surface area contributed by atoms with Crippen LogP contribution in [0.25, 0.3) is 11.0 Å². The Morgan fingerprint density at radius 3 is 3.00 bits per heavy atom. The van der Waals surface area contributed by atoms with Crippen molar-refractivity contribution in [3.8, 4) is 0 Å². The number of rotatable bonds is 5. The van der Waals surface area contributed by atoms with Crippen molar-refractivity contribution in [2.45, 2.75) is 45.4 Å². The van der Waals surface area contributed by atoms with Crippen LogP contribution in [-0.2, 0) is 18.3 Å². The van der Waals surface area contributed by atoms with Gasteiger partial charge in [-0.05, 0) is 38.3 Å². The van der Waals surface area contributed by atoms with Crippen molar-refractivity contribution in [1.29, 1.82) is 0 Å². The van der Waals surface area contributed by atoms with E-state index in [0.29, 0.717) is 11.7 Å². The molecule has 1 aliphatic heterocycles. The zero-order valence-corrected chi connectivity index (χ0v) is 14.7. The van der Waals surface area contributed by atoms with Gasteiger partial charge in [0, 0.05) is 31.7 Å². The van der Waals surface area contributed by atoms with Crippen LogP contribution in [0.5, 0.6) is 0 Å². The molecule has 1 saturated heterocycles. The maximum Gasteiger partial charge on any atom is 0.255 e. The first kappa shape index (κ1) is 16.2. The number of aromatic nitrogens is 5. The quantitative estimate of drug-likeness (QED) is 0.758. The Kier molecular flexibility index (Phi) is 4.22. The number of nitrogens with one attached hydrogen (secondary N) is 1. The minimum absolute atomic E-state index is 0.0796. The Labute approximate surface area is 145 Å². The maximum absolute atomic E-state index is 6.00. The van der Waals surface area contributed by atoms with Crippen LogP contribution in [0.15, 0.2) is 16.8 Å². The van der Waals surface area contributed by atoms with E-state index in [1.54, 1.807) is 0 Å². The molecule has 0 spiro atoms. The molecular formula is C17H22N6O2. The lowest BCUT2D eigenvalue weighted by Gasteiger charge is -2.12. The molecule has 8 nitrogen and oxygen atoms in total. The molecule has 0 radical (unpaired) electrons. The lowest BCUT2D eigenvalue weighted by atomic mass is 10.2. The minimum atomic E-state index is -0.0796. The summed E-state index contributed by atoms with van der Waals surface area (Å²) in [5, 5.41) is 12.8. The highest BCUT2D eigenvalue weighted by molar-refractivity contribution is 5.78. The Morgan fingerprint density at radius 2 is 2.20 bits per heavy atom. The molecule has 132 valence electrons. The number of pyridine rings is 1. The fourth-order valence-corrected chi connectivity index (χ4v) is 3.31. The number of ether oxygens (including phenoxy) is 1. The van der Waals surface area contributed by atoms with Crippen LogP contribution in [-0.4, -0.2) is 37.6 Å². The average Bonchev–Trinajstić information content (AvgIpc) is 3.29. The molecular weight excluding hydrogens is 320 g/mol. The van der Waals surface area contributed by atoms with E-state index < -0.39 is 0 Å². The molecule has 0 bridgehead atoms. The van der Waals surface area contributed by atoms with Gasteiger partial charge >= 0.3 is 0 Å². The van der Waals surface area contributed by atoms with Crippen molar-refractivity contribution in [2.75, 3.05) is 6.54 Å². The van der Waals surface area contributed by atoms with E-state index in [4.69, 9.17) is 9.26 Å². The molecule has 0 unspecified atom stereocenters. The maximum atomic E-state index is 6.00. The Hall–Kier alpha value is -2.32. The number of hydrogen-bond acceptors (Lipinski definition) is 7. The van der Waals surface area contributed by atoms with Gasteiger partial charge in [-0.25, -0.2) is 4.98 Å². The minimum Gasteiger partial charge on any atom is -0.364 e. The molecule has 3 aromatic rings. The van der Waals surface area contributed by atoms with Gasteiger partial charge in [-0.15, -0.1) is 0 Å². The molecule has 2 atom stereocenters. The molecule has 3 aromatic heterocycles. The summed E-state index contributed by atoms with van der Waals surface area (Å²) in [5.74, 6) is 1.23. The van der Waals surface area contributed by atoms with E-state index in [0.717, 1.165) is 48.2 Å². The predicted molar refractivity (Wildman–Crippen MR) is 90.8 cm³/mol. The standard InChI is InChI=1S/C17H22N6O2/c1-10-14-6-12(8-19-16(14)23(3)21-10)7-18-9-13-4-5-15(24-13)17-20-11(2)22-25-17/h6,8,13,15,18H,4-5,7,9H2,1-3H3/t13-,15+/m1/s1. The van der Waals surface area contributed by atoms with Gasteiger partial charge in [-0.3, -0.25) is 4.68 Å². The topological polar surface area (TPSA) is 90.9 Å². The van der Waals surface area contributed by atoms with Gasteiger partial charge in [0.15, 0.2) is 11.5 Å². The summed E-state index contributed by atoms with van der Waals surface area (Å²) in [6.45, 7) is 5.36. The summed E-state index contributed by atoms with van der Waals surface area (Å²) >= 11 is 0. The second-order valence-corrected chi connectivity index (χ2v) is 6.56. The van der Waals surface area contributed by atoms with Crippen LogP contribution >= 0.6 is 0 Å². The second kappa shape index (κ2) is 6.53. The van der Waals surface area contributed by atoms with Gasteiger partial charge in [0.25, 0.3) is 5.89 Å². The van der Waals surface area contributed by atoms with Gasteiger partial charge in [-0.1, -0.05) is 5.16 Å². The normalized spacial score (nSPS) is 20.6. The summed E-state index contributed by atoms with van der Waals surface area (Å²) in [6, 6.07) is 2.15. The van der Waals surface area contributed by atoms with Crippen molar-refractivity contribution in [1.82, 2.24) is 30.2 Å². The van der Waals surface area contributed by atoms with E-state index in [1.165, 1.54) is 0 Å². The monoisotopic (exact) mass is 342 g/mol. The van der Waals surface area contributed by atoms with Crippen LogP contribution < -0.4 is 5.32 Å². The van der Waals surface area contributed by atoms with E-state index in [2.05, 4.69) is 31.6 Å². The smallest absolute Gasteiger partial charge is 0.255 e. The van der Waals surface area contributed by atoms with Gasteiger partial charge in [-0.2, -0.15) is 10.1 Å². The zero-order chi connectivity index (χ0) is 17.4. The van der Waals surface area contributed by atoms with Crippen LogP contribution in [0.2, 0.25) is 0 Å². The van der Waals surface area contributed by atoms with Crippen molar-refractivity contribution in [3.63, 3.8) is 0 Å². The lowest BCUT2D eigenvalue weighted by molar-refractivity contribution is 0.0264. The highest BCUT2D eigenvalue weighted by atomic mass is 16.5. The van der Waals surface area contributed by atoms with Crippen molar-refractivity contribution in [2.24, 2.45) is 7.05 Å². The molecule has 0 aliphatic carbocycles. The highest BCUT2D eigenvalue weighted by Gasteiger charge is 2.30. The van der Waals surface area contributed by atoms with E-state index >= 15 is 0 Å². The van der Waals surface area contributed by atoms with Gasteiger partial charge in [0.05, 0.1) is 11.8 Å². The first-order valence-electron chi connectivity index (χ1n) is 8.55. The third-order valence-corrected chi connectivity index (χ3v) is 4.55. The average molecular weight is 342 g/mol. The molecule has 4 heterocycles. The first-order valence-corrected chi connectivity index (χ1v) is 8.55. The summed E-state index contributed by atoms with van der Waals surface area (Å²) in [7, 11) is 1.92. The molecule has 1 fully saturated rings. The van der Waals surface area contributed by atoms with Crippen molar-refractivity contribution in [3.05, 3.63) is 35.2 Å². The summed E-state index contributed by atoms with van der Waals surface area (Å²) in [4.78, 5) is 8.76. The Balaban J connectivity index is 1.31. The molecule has 8 heteroatoms. The van der Waals surface area contributed by atoms with Crippen LogP contribution in [0.3, 0.4) is 0 Å². The summed E-state index contributed by atoms with van der Waals surface area (Å²) < 4.78 is 13.0. The lowest BCUT2D eigenvalue weighted by Crippen LogP contribution is -2.26. The Morgan fingerprint density at radius 1 is 1.32 bits per heavy atom. The van der Waals surface area contributed by atoms with E-state index in [9.17, 15) is 0 Å². The number of fused-ring (bicyclic) bond motifs is 1. The van der Waals surface area contributed by atoms with Crippen LogP contribution in [0.1, 0.15) is 41.9 Å². The second-order valence-electron chi connectivity index (χ2n) is 6.56. The molecule has 0 amide bonds. The summed E-state index contributed by atoms with van der Waals surface area (Å²) in [6.07, 6.45) is 3.88. The fraction of sp³-hybridized carbons (Fsp3) is 0.529. The largest absolute Gasteiger partial charge is 0.364 e. The summed E-state index contributed by atoms with van der Waals surface area (Å²) in [5.41, 5.74) is 3.06. The molecule has 25 heavy (non-hydrogen) atoms. The number of hydrogen-bond donors (Lipinski definition) is 1. The third-order valence-electron chi connectivity index (χ3n) is 4.55. The highest BCUT2D eigenvalue weighted by Crippen LogP contribution is 2.31. The number of nitrogens with zero attached hydrogens (tertiary/aromatic N) is 5. The zero-order valence-electron chi connectivity index (χ0n) is 14.7. The molecule has 1 N–H and O–H groups in total. The Bertz CT molecular complexity index is 887. The van der Waals surface area contributed by atoms with E-state index in [1.807, 2.05) is 31.8 Å². The molecule has 4 rings (SSSR count). The van der Waals surface area contributed by atoms with Gasteiger partial charge in [0.1, 0.15) is 6.10 Å². The van der Waals surface area contributed by atoms with Crippen LogP contribution in [0, 0.1) is 13.8 Å². The molecule has 0 saturated carbocycles. The first-order chi connectivity index (χ1) is 12.1. The molecule has 1 aliphatic rings. The van der Waals surface area contributed by atoms with Crippen molar-refractivity contribution < 1.29 is 9.26 Å². The van der Waals surface area contributed by atoms with Gasteiger partial charge < -0.3 is 14.6 Å². The predicted octanol–water partition coefficient (Wildman–Crippen LogP) is 1.98.